The van der Waals surface area contributed by atoms with Crippen LogP contribution in [0.2, 0.25) is 0 Å². The van der Waals surface area contributed by atoms with Gasteiger partial charge in [-0.25, -0.2) is 0 Å². The molecule has 10 N–H and O–H groups in total. The lowest BCUT2D eigenvalue weighted by molar-refractivity contribution is -0.148. The third kappa shape index (κ3) is 20.9. The number of aliphatic carboxylic acids is 1. The lowest BCUT2D eigenvalue weighted by Crippen LogP contribution is -2.57. The molecule has 0 radical (unpaired) electrons. The smallest absolute Gasteiger partial charge is 0.322 e. The summed E-state index contributed by atoms with van der Waals surface area (Å²) in [4.78, 5) is 304. The summed E-state index contributed by atoms with van der Waals surface area (Å²) in [5.41, 5.74) is 0. The highest BCUT2D eigenvalue weighted by molar-refractivity contribution is 7.80. The van der Waals surface area contributed by atoms with Crippen molar-refractivity contribution >= 4 is 137 Å². The van der Waals surface area contributed by atoms with Gasteiger partial charge in [-0.15, -0.1) is 0 Å². The Kier molecular flexibility index (Phi) is 31.1. The van der Waals surface area contributed by atoms with Crippen LogP contribution in [0.3, 0.4) is 0 Å². The van der Waals surface area contributed by atoms with Gasteiger partial charge in [0.05, 0.1) is 45.3 Å². The van der Waals surface area contributed by atoms with Crippen molar-refractivity contribution in [1.29, 1.82) is 0 Å². The molecule has 20 amide bonds. The molecule has 13 saturated heterocycles. The summed E-state index contributed by atoms with van der Waals surface area (Å²) in [6.07, 6.45) is 10.9. The first-order valence-electron chi connectivity index (χ1n) is 45.0. The predicted molar refractivity (Wildman–Crippen MR) is 442 cm³/mol. The van der Waals surface area contributed by atoms with Crippen molar-refractivity contribution in [3.05, 3.63) is 0 Å². The van der Waals surface area contributed by atoms with Crippen LogP contribution in [0, 0.1) is 0 Å². The van der Waals surface area contributed by atoms with Crippen LogP contribution >= 0.6 is 12.6 Å². The first-order chi connectivity index (χ1) is 60.6. The lowest BCUT2D eigenvalue weighted by atomic mass is 10.1. The maximum absolute atomic E-state index is 14.4. The van der Waals surface area contributed by atoms with Gasteiger partial charge in [0.25, 0.3) is 0 Å². The highest BCUT2D eigenvalue weighted by Crippen LogP contribution is 2.33. The van der Waals surface area contributed by atoms with Gasteiger partial charge in [-0.1, -0.05) is 0 Å². The number of thiol groups is 1. The number of carboxylic acid groups (broad SMARTS) is 1. The minimum absolute atomic E-state index is 0.120. The SMILES string of the molecule is O=C(O)CNC(=O)[C@@H]1CCCN1C(=O)[C@@H]1CCCN1C(=O)CNC(=O)[C@@H]1CCCN1C(=O)[C@@H]1CCCN1C(=O)CNC(=O)[C@@H]1CCCN1C(=O)[C@H](CS)NC(=O)CNC(=O)[C@@H]1CCCN1C(=O)[C@@H]1CCCN1C(=O)CNC(=O)[C@@H]1CCCN1C(=O)[C@@H]1CCCN1C(=O)CNC(=O)[C@@H]1CCCN1C(=O)[C@@H]1CCCN1C(=O)CNC(=O)[C@@H]1CCCN1C(=O)[C@@H]1CCCN1. The van der Waals surface area contributed by atoms with Gasteiger partial charge in [0, 0.05) is 84.3 Å². The van der Waals surface area contributed by atoms with E-state index in [2.05, 4.69) is 60.5 Å². The molecular formula is C82H119N21O22S. The van der Waals surface area contributed by atoms with E-state index in [1.54, 1.807) is 4.90 Å². The number of nitrogens with one attached hydrogen (secondary N) is 9. The molecule has 13 rings (SSSR count). The summed E-state index contributed by atoms with van der Waals surface area (Å²) in [5.74, 6) is -12.2. The molecule has 0 unspecified atom stereocenters. The highest BCUT2D eigenvalue weighted by Gasteiger charge is 2.51. The Balaban J connectivity index is 0.511. The molecule has 0 saturated carbocycles. The topological polar surface area (TPSA) is 526 Å². The molecule has 0 aromatic carbocycles. The summed E-state index contributed by atoms with van der Waals surface area (Å²) in [7, 11) is 0. The van der Waals surface area contributed by atoms with Crippen LogP contribution in [0.1, 0.15) is 167 Å². The Morgan fingerprint density at radius 2 is 0.476 bits per heavy atom. The van der Waals surface area contributed by atoms with Gasteiger partial charge < -0.3 is 112 Å². The van der Waals surface area contributed by atoms with E-state index in [4.69, 9.17) is 5.11 Å². The van der Waals surface area contributed by atoms with E-state index in [-0.39, 0.29) is 141 Å². The minimum Gasteiger partial charge on any atom is -0.480 e. The first kappa shape index (κ1) is 92.8. The zero-order valence-corrected chi connectivity index (χ0v) is 72.0. The average Bonchev–Trinajstić information content (AvgIpc) is 1.54. The molecule has 0 spiro atoms. The number of carboxylic acids is 1. The molecule has 43 nitrogen and oxygen atoms in total. The molecule has 0 aromatic heterocycles. The van der Waals surface area contributed by atoms with Crippen LogP contribution in [0.5, 0.6) is 0 Å². The van der Waals surface area contributed by atoms with Crippen molar-refractivity contribution in [1.82, 2.24) is 107 Å². The van der Waals surface area contributed by atoms with E-state index in [0.717, 1.165) is 13.0 Å². The van der Waals surface area contributed by atoms with Gasteiger partial charge in [0.15, 0.2) is 0 Å². The number of amides is 20. The fraction of sp³-hybridized carbons (Fsp3) is 0.744. The fourth-order valence-corrected chi connectivity index (χ4v) is 21.1. The highest BCUT2D eigenvalue weighted by atomic mass is 32.1. The standard InChI is InChI=1S/C82H119N21O22S/c104-62(91-49(47-126)77(120)98-34-3-16-51(98)71(114)86-42-64(106)94-30-11-24-59(94)80(123)101-37-6-19-54(101)74(117)89-45-67(109)96-32-13-26-61(96)82(125)103-39-8-21-56(103)75(118)90-46-68(110)111)40-84-69(112)52-17-4-35-99(52)78(121)57-22-9-28-92(57)65(107)43-87-72(115)55-20-7-38-102(55)81(124)60-25-12-31-95(60)66(108)44-88-73(116)53-18-5-36-100(53)79(122)58-23-10-29-93(58)63(105)41-85-70(113)50-15-2-33-97(50)76(119)48-14-1-27-83-48/h48-61,83,126H,1-47H2,(H,84,112)(H,85,113)(H,86,114)(H,87,115)(H,88,116)(H,89,117)(H,90,118)(H,91,104)(H,110,111)/t48-,49-,50-,51-,52-,53-,54-,55-,56-,57-,58-,59-,60-,61-/m0/s1. The number of likely N-dealkylation sites (tertiary alicyclic amines) is 12. The second-order valence-electron chi connectivity index (χ2n) is 34.9. The van der Waals surface area contributed by atoms with E-state index in [1.807, 2.05) is 0 Å². The van der Waals surface area contributed by atoms with Crippen molar-refractivity contribution in [3.8, 4) is 0 Å². The molecule has 13 heterocycles. The maximum Gasteiger partial charge on any atom is 0.322 e. The molecular weight excluding hydrogens is 1660 g/mol. The number of nitrogens with zero attached hydrogens (tertiary/aromatic N) is 12. The van der Waals surface area contributed by atoms with Crippen LogP contribution in [0.15, 0.2) is 0 Å². The van der Waals surface area contributed by atoms with Crippen LogP contribution < -0.4 is 47.9 Å². The van der Waals surface area contributed by atoms with Crippen molar-refractivity contribution in [3.63, 3.8) is 0 Å². The molecule has 0 aliphatic carbocycles. The van der Waals surface area contributed by atoms with Crippen molar-refractivity contribution < 1.29 is 106 Å². The normalized spacial score (nSPS) is 27.3. The van der Waals surface area contributed by atoms with E-state index < -0.39 is 236 Å². The molecule has 13 aliphatic heterocycles. The second-order valence-corrected chi connectivity index (χ2v) is 35.3. The van der Waals surface area contributed by atoms with Crippen molar-refractivity contribution in [2.45, 2.75) is 252 Å². The van der Waals surface area contributed by atoms with Crippen molar-refractivity contribution in [2.75, 3.05) is 137 Å². The maximum atomic E-state index is 14.4. The molecule has 0 bridgehead atoms. The van der Waals surface area contributed by atoms with E-state index in [0.29, 0.717) is 122 Å². The Morgan fingerprint density at radius 1 is 0.262 bits per heavy atom. The molecule has 13 aliphatic rings. The molecule has 0 aromatic rings. The number of carbonyl (C=O) groups excluding carboxylic acids is 20. The van der Waals surface area contributed by atoms with Gasteiger partial charge in [0.1, 0.15) is 85.1 Å². The number of carbonyl (C=O) groups is 21. The van der Waals surface area contributed by atoms with Crippen LogP contribution in [-0.4, -0.2) is 409 Å². The molecule has 13 fully saturated rings. The second kappa shape index (κ2) is 42.2. The molecule has 126 heavy (non-hydrogen) atoms. The summed E-state index contributed by atoms with van der Waals surface area (Å²) in [5, 5.41) is 33.0. The lowest BCUT2D eigenvalue weighted by Gasteiger charge is -2.32. The Bertz CT molecular complexity index is 4250. The largest absolute Gasteiger partial charge is 0.480 e. The predicted octanol–water partition coefficient (Wildman–Crippen LogP) is -7.06. The molecule has 44 heteroatoms. The van der Waals surface area contributed by atoms with Gasteiger partial charge >= 0.3 is 5.97 Å². The average molecular weight is 1780 g/mol. The Morgan fingerprint density at radius 3 is 0.714 bits per heavy atom. The van der Waals surface area contributed by atoms with E-state index >= 15 is 0 Å². The fourth-order valence-electron chi connectivity index (χ4n) is 20.9. The number of rotatable bonds is 30. The summed E-state index contributed by atoms with van der Waals surface area (Å²) >= 11 is 4.33. The van der Waals surface area contributed by atoms with Crippen LogP contribution in [0.25, 0.3) is 0 Å². The Hall–Kier alpha value is -10.8. The van der Waals surface area contributed by atoms with Gasteiger partial charge in [-0.2, -0.15) is 12.6 Å². The van der Waals surface area contributed by atoms with Gasteiger partial charge in [0.2, 0.25) is 118 Å². The van der Waals surface area contributed by atoms with Gasteiger partial charge in [-0.05, 0) is 173 Å². The molecule has 14 atom stereocenters. The Labute approximate surface area is 734 Å². The van der Waals surface area contributed by atoms with E-state index in [9.17, 15) is 101 Å². The monoisotopic (exact) mass is 1780 g/mol. The zero-order valence-electron chi connectivity index (χ0n) is 71.2. The van der Waals surface area contributed by atoms with E-state index in [1.165, 1.54) is 53.9 Å². The quantitative estimate of drug-likeness (QED) is 0.0298. The van der Waals surface area contributed by atoms with Crippen LogP contribution in [-0.2, 0) is 101 Å². The number of hydrogen-bond donors (Lipinski definition) is 11. The van der Waals surface area contributed by atoms with Crippen molar-refractivity contribution in [2.24, 2.45) is 0 Å². The summed E-state index contributed by atoms with van der Waals surface area (Å²) in [6, 6.07) is -12.8. The third-order valence-electron chi connectivity index (χ3n) is 27.2. The summed E-state index contributed by atoms with van der Waals surface area (Å²) < 4.78 is 0. The third-order valence-corrected chi connectivity index (χ3v) is 27.6. The first-order valence-corrected chi connectivity index (χ1v) is 45.7. The zero-order chi connectivity index (χ0) is 89.7. The summed E-state index contributed by atoms with van der Waals surface area (Å²) in [6.45, 7) is -0.194. The van der Waals surface area contributed by atoms with Gasteiger partial charge in [-0.3, -0.25) is 101 Å². The number of hydrogen-bond acceptors (Lipinski definition) is 23. The minimum atomic E-state index is -1.27. The van der Waals surface area contributed by atoms with Crippen LogP contribution in [0.4, 0.5) is 0 Å². The molecule has 690 valence electrons.